The molecule has 0 aliphatic rings. The third-order valence-electron chi connectivity index (χ3n) is 4.29. The quantitative estimate of drug-likeness (QED) is 0.407. The smallest absolute Gasteiger partial charge is 0.416 e. The number of aryl methyl sites for hydroxylation is 1. The summed E-state index contributed by atoms with van der Waals surface area (Å²) in [4.78, 5) is 12.8. The third-order valence-corrected chi connectivity index (χ3v) is 4.29. The number of nitrogens with one attached hydrogen (secondary N) is 1. The molecule has 9 heteroatoms. The number of aromatic amines is 1. The first-order valence-corrected chi connectivity index (χ1v) is 7.66. The van der Waals surface area contributed by atoms with Gasteiger partial charge in [0, 0.05) is 5.39 Å². The fraction of sp³-hybridized carbons (Fsp3) is 0.111. The Morgan fingerprint density at radius 3 is 2.37 bits per heavy atom. The lowest BCUT2D eigenvalue weighted by atomic mass is 10.1. The van der Waals surface area contributed by atoms with Crippen LogP contribution in [-0.2, 0) is 13.2 Å². The van der Waals surface area contributed by atoms with Crippen molar-refractivity contribution in [3.8, 4) is 5.69 Å². The molecule has 2 N–H and O–H groups in total. The Bertz CT molecular complexity index is 1210. The molecule has 0 atom stereocenters. The number of rotatable bonds is 1. The maximum atomic E-state index is 13.5. The Morgan fingerprint density at radius 2 is 1.74 bits per heavy atom. The van der Waals surface area contributed by atoms with Gasteiger partial charge in [-0.1, -0.05) is 0 Å². The maximum absolute atomic E-state index is 13.5. The van der Waals surface area contributed by atoms with Crippen molar-refractivity contribution in [1.29, 1.82) is 0 Å². The van der Waals surface area contributed by atoms with E-state index in [2.05, 4.69) is 5.10 Å². The van der Waals surface area contributed by atoms with Gasteiger partial charge in [0.2, 0.25) is 0 Å². The number of nitrogens with zero attached hydrogens (tertiary/aromatic N) is 2. The Labute approximate surface area is 149 Å². The molecule has 0 unspecified atom stereocenters. The summed E-state index contributed by atoms with van der Waals surface area (Å²) in [5.74, 6) is -0.402. The van der Waals surface area contributed by atoms with Gasteiger partial charge in [-0.25, -0.2) is 9.07 Å². The highest BCUT2D eigenvalue weighted by Gasteiger charge is 2.30. The van der Waals surface area contributed by atoms with Crippen molar-refractivity contribution < 1.29 is 27.6 Å². The molecule has 2 aromatic carbocycles. The molecule has 0 radical (unpaired) electrons. The fourth-order valence-electron chi connectivity index (χ4n) is 3.07. The first kappa shape index (κ1) is 18.6. The number of hydrogen-bond acceptors (Lipinski definition) is 2. The standard InChI is InChI=1S/C18H11F4N3O.H2O/c1-24-9-10-8-12(19)4-7-14(10)15-16(24)17(26)25(23-15)13-5-2-11(3-6-13)18(20,21)22;/h2-9H,1H3;1H2. The van der Waals surface area contributed by atoms with E-state index in [1.165, 1.54) is 28.9 Å². The van der Waals surface area contributed by atoms with E-state index in [0.717, 1.165) is 12.1 Å². The van der Waals surface area contributed by atoms with Crippen molar-refractivity contribution in [2.24, 2.45) is 7.05 Å². The van der Waals surface area contributed by atoms with Crippen LogP contribution in [0.15, 0.2) is 53.5 Å². The summed E-state index contributed by atoms with van der Waals surface area (Å²) in [6.07, 6.45) is -2.82. The highest BCUT2D eigenvalue weighted by molar-refractivity contribution is 6.01. The third kappa shape index (κ3) is 2.95. The van der Waals surface area contributed by atoms with Crippen molar-refractivity contribution in [1.82, 2.24) is 9.78 Å². The number of aromatic nitrogens is 3. The zero-order valence-electron chi connectivity index (χ0n) is 13.9. The maximum Gasteiger partial charge on any atom is 0.416 e. The number of H-pyrrole nitrogens is 1. The van der Waals surface area contributed by atoms with E-state index in [0.29, 0.717) is 21.8 Å². The Morgan fingerprint density at radius 1 is 1.07 bits per heavy atom. The molecule has 0 bridgehead atoms. The Kier molecular flexibility index (Phi) is 4.27. The Balaban J connectivity index is 0.00000210. The number of benzene rings is 2. The number of hydrogen-bond donors (Lipinski definition) is 1. The largest absolute Gasteiger partial charge is 0.870 e. The van der Waals surface area contributed by atoms with Crippen molar-refractivity contribution >= 4 is 21.8 Å². The molecule has 0 saturated carbocycles. The van der Waals surface area contributed by atoms with E-state index in [4.69, 9.17) is 0 Å². The van der Waals surface area contributed by atoms with Gasteiger partial charge in [0.25, 0.3) is 5.52 Å². The molecule has 4 rings (SSSR count). The van der Waals surface area contributed by atoms with Crippen LogP contribution in [0.4, 0.5) is 17.6 Å². The molecule has 4 aromatic rings. The summed E-state index contributed by atoms with van der Waals surface area (Å²) in [5.41, 5.74) is -0.112. The van der Waals surface area contributed by atoms with Crippen molar-refractivity contribution in [3.05, 3.63) is 70.4 Å². The van der Waals surface area contributed by atoms with Crippen LogP contribution >= 0.6 is 0 Å². The summed E-state index contributed by atoms with van der Waals surface area (Å²) in [5, 5.41) is 4.16. The second-order valence-corrected chi connectivity index (χ2v) is 5.99. The van der Waals surface area contributed by atoms with Crippen LogP contribution in [0.1, 0.15) is 5.56 Å². The molecule has 27 heavy (non-hydrogen) atoms. The number of pyridine rings is 1. The van der Waals surface area contributed by atoms with Crippen LogP contribution in [0.2, 0.25) is 0 Å². The van der Waals surface area contributed by atoms with Gasteiger partial charge < -0.3 is 5.48 Å². The SMILES string of the molecule is C[n+]1cc2cc(F)ccc2c2[nH]n(-c3ccc(C(F)(F)F)cc3)c(=O)c21.[OH-]. The number of alkyl halides is 3. The van der Waals surface area contributed by atoms with Crippen molar-refractivity contribution in [2.75, 3.05) is 0 Å². The lowest BCUT2D eigenvalue weighted by Gasteiger charge is -2.07. The minimum Gasteiger partial charge on any atom is -0.870 e. The predicted octanol–water partition coefficient (Wildman–Crippen LogP) is 3.28. The van der Waals surface area contributed by atoms with Crippen LogP contribution in [-0.4, -0.2) is 15.3 Å². The lowest BCUT2D eigenvalue weighted by Crippen LogP contribution is -2.33. The molecule has 0 spiro atoms. The van der Waals surface area contributed by atoms with E-state index in [1.807, 2.05) is 0 Å². The van der Waals surface area contributed by atoms with Gasteiger partial charge in [-0.05, 0) is 42.5 Å². The normalized spacial score (nSPS) is 11.7. The minimum atomic E-state index is -4.45. The van der Waals surface area contributed by atoms with E-state index in [1.54, 1.807) is 23.9 Å². The van der Waals surface area contributed by atoms with E-state index in [9.17, 15) is 22.4 Å². The van der Waals surface area contributed by atoms with Crippen LogP contribution < -0.4 is 10.1 Å². The molecule has 0 aliphatic carbocycles. The van der Waals surface area contributed by atoms with Crippen molar-refractivity contribution in [3.63, 3.8) is 0 Å². The minimum absolute atomic E-state index is 0. The zero-order chi connectivity index (χ0) is 18.6. The average Bonchev–Trinajstić information content (AvgIpc) is 2.92. The average molecular weight is 379 g/mol. The van der Waals surface area contributed by atoms with Crippen LogP contribution in [0.3, 0.4) is 0 Å². The summed E-state index contributed by atoms with van der Waals surface area (Å²) in [6.45, 7) is 0. The number of halogens is 4. The molecule has 2 heterocycles. The monoisotopic (exact) mass is 379 g/mol. The molecule has 0 fully saturated rings. The molecule has 140 valence electrons. The molecule has 2 aromatic heterocycles. The highest BCUT2D eigenvalue weighted by Crippen LogP contribution is 2.29. The van der Waals surface area contributed by atoms with Gasteiger partial charge in [0.15, 0.2) is 6.20 Å². The summed E-state index contributed by atoms with van der Waals surface area (Å²) < 4.78 is 54.4. The van der Waals surface area contributed by atoms with Gasteiger partial charge in [-0.3, -0.25) is 9.89 Å². The van der Waals surface area contributed by atoms with Gasteiger partial charge >= 0.3 is 11.7 Å². The van der Waals surface area contributed by atoms with Gasteiger partial charge in [-0.15, -0.1) is 0 Å². The summed E-state index contributed by atoms with van der Waals surface area (Å²) in [7, 11) is 1.65. The highest BCUT2D eigenvalue weighted by atomic mass is 19.4. The van der Waals surface area contributed by atoms with Gasteiger partial charge in [-0.2, -0.15) is 17.7 Å². The molecular weight excluding hydrogens is 366 g/mol. The van der Waals surface area contributed by atoms with E-state index >= 15 is 0 Å². The van der Waals surface area contributed by atoms with Crippen LogP contribution in [0.5, 0.6) is 0 Å². The molecule has 5 nitrogen and oxygen atoms in total. The first-order chi connectivity index (χ1) is 12.3. The molecular formula is C18H13F4N3O2. The Hall–Kier alpha value is -3.20. The first-order valence-electron chi connectivity index (χ1n) is 7.66. The topological polar surface area (TPSA) is 71.7 Å². The van der Waals surface area contributed by atoms with Crippen LogP contribution in [0, 0.1) is 5.82 Å². The summed E-state index contributed by atoms with van der Waals surface area (Å²) in [6, 6.07) is 8.47. The second kappa shape index (κ2) is 6.20. The molecule has 0 aliphatic heterocycles. The van der Waals surface area contributed by atoms with E-state index < -0.39 is 23.1 Å². The van der Waals surface area contributed by atoms with Gasteiger partial charge in [0.05, 0.1) is 16.6 Å². The number of fused-ring (bicyclic) bond motifs is 3. The van der Waals surface area contributed by atoms with Crippen molar-refractivity contribution in [2.45, 2.75) is 6.18 Å². The lowest BCUT2D eigenvalue weighted by molar-refractivity contribution is -0.644. The van der Waals surface area contributed by atoms with Crippen LogP contribution in [0.25, 0.3) is 27.5 Å². The second-order valence-electron chi connectivity index (χ2n) is 5.99. The molecule has 0 amide bonds. The predicted molar refractivity (Wildman–Crippen MR) is 89.5 cm³/mol. The summed E-state index contributed by atoms with van der Waals surface area (Å²) >= 11 is 0. The fourth-order valence-corrected chi connectivity index (χ4v) is 3.07. The zero-order valence-corrected chi connectivity index (χ0v) is 13.9. The van der Waals surface area contributed by atoms with Gasteiger partial charge in [0.1, 0.15) is 18.4 Å². The van der Waals surface area contributed by atoms with E-state index in [-0.39, 0.29) is 11.2 Å². The molecule has 0 saturated heterocycles.